The van der Waals surface area contributed by atoms with Crippen LogP contribution >= 0.6 is 11.3 Å². The van der Waals surface area contributed by atoms with Gasteiger partial charge in [0.15, 0.2) is 5.69 Å². The summed E-state index contributed by atoms with van der Waals surface area (Å²) in [5.41, 5.74) is -0.336. The molecule has 2 aromatic heterocycles. The number of alkyl halides is 3. The average molecular weight is 318 g/mol. The molecule has 2 rings (SSSR count). The smallest absolute Gasteiger partial charge is 0.434 e. The van der Waals surface area contributed by atoms with Gasteiger partial charge in [-0.25, -0.2) is 9.78 Å². The van der Waals surface area contributed by atoms with Gasteiger partial charge in [-0.1, -0.05) is 0 Å². The minimum Gasteiger partial charge on any atom is -0.461 e. The van der Waals surface area contributed by atoms with Crippen molar-refractivity contribution in [2.75, 3.05) is 6.61 Å². The quantitative estimate of drug-likeness (QED) is 0.695. The van der Waals surface area contributed by atoms with Crippen molar-refractivity contribution in [1.82, 2.24) is 9.97 Å². The molecule has 0 spiro atoms. The summed E-state index contributed by atoms with van der Waals surface area (Å²) in [6, 6.07) is 1.15. The van der Waals surface area contributed by atoms with E-state index in [1.165, 1.54) is 0 Å². The zero-order valence-electron chi connectivity index (χ0n) is 10.7. The molecule has 5 nitrogen and oxygen atoms in total. The predicted molar refractivity (Wildman–Crippen MR) is 67.3 cm³/mol. The topological polar surface area (TPSA) is 72.1 Å². The van der Waals surface area contributed by atoms with Crippen LogP contribution in [0.1, 0.15) is 38.3 Å². The van der Waals surface area contributed by atoms with E-state index < -0.39 is 28.5 Å². The Labute approximate surface area is 120 Å². The number of nitrogens with zero attached hydrogens (tertiary/aromatic N) is 1. The minimum absolute atomic E-state index is 0.00160. The molecule has 0 fully saturated rings. The highest BCUT2D eigenvalue weighted by Gasteiger charge is 2.38. The largest absolute Gasteiger partial charge is 0.461 e. The monoisotopic (exact) mass is 318 g/mol. The molecule has 0 aliphatic rings. The maximum Gasteiger partial charge on any atom is 0.434 e. The zero-order valence-corrected chi connectivity index (χ0v) is 11.5. The van der Waals surface area contributed by atoms with E-state index in [0.29, 0.717) is 11.3 Å². The number of rotatable bonds is 4. The van der Waals surface area contributed by atoms with Gasteiger partial charge in [0.2, 0.25) is 5.78 Å². The lowest BCUT2D eigenvalue weighted by molar-refractivity contribution is -0.141. The van der Waals surface area contributed by atoms with E-state index in [4.69, 9.17) is 4.74 Å². The molecule has 0 unspecified atom stereocenters. The van der Waals surface area contributed by atoms with Crippen LogP contribution in [0.4, 0.5) is 13.2 Å². The molecule has 2 heterocycles. The number of carbonyl (C=O) groups excluding carboxylic acids is 2. The second-order valence-corrected chi connectivity index (χ2v) is 4.73. The summed E-state index contributed by atoms with van der Waals surface area (Å²) in [7, 11) is 0. The predicted octanol–water partition coefficient (Wildman–Crippen LogP) is 2.90. The van der Waals surface area contributed by atoms with E-state index in [-0.39, 0.29) is 17.9 Å². The van der Waals surface area contributed by atoms with Crippen LogP contribution < -0.4 is 0 Å². The van der Waals surface area contributed by atoms with Crippen LogP contribution in [0.25, 0.3) is 0 Å². The van der Waals surface area contributed by atoms with Crippen LogP contribution in [0, 0.1) is 0 Å². The van der Waals surface area contributed by atoms with Gasteiger partial charge in [0, 0.05) is 11.8 Å². The Morgan fingerprint density at radius 1 is 1.43 bits per heavy atom. The summed E-state index contributed by atoms with van der Waals surface area (Å²) in [5, 5.41) is 0. The molecule has 0 saturated heterocycles. The standard InChI is InChI=1S/C12H9F3N2O3S/c1-2-20-11(19)7-3-6(4-16-7)8(18)9-10(12(13,14)15)17-5-21-9/h3-5,16H,2H2,1H3. The first-order valence-corrected chi connectivity index (χ1v) is 6.63. The van der Waals surface area contributed by atoms with Gasteiger partial charge in [-0.05, 0) is 13.0 Å². The lowest BCUT2D eigenvalue weighted by Gasteiger charge is -2.04. The normalized spacial score (nSPS) is 11.4. The van der Waals surface area contributed by atoms with Crippen LogP contribution in [0.15, 0.2) is 17.8 Å². The Hall–Kier alpha value is -2.16. The number of ketones is 1. The molecule has 2 aromatic rings. The number of nitrogens with one attached hydrogen (secondary N) is 1. The fourth-order valence-corrected chi connectivity index (χ4v) is 2.36. The van der Waals surface area contributed by atoms with Crippen LogP contribution in [-0.2, 0) is 10.9 Å². The summed E-state index contributed by atoms with van der Waals surface area (Å²) >= 11 is 0.597. The second-order valence-electron chi connectivity index (χ2n) is 3.88. The first kappa shape index (κ1) is 15.2. The third-order valence-corrected chi connectivity index (χ3v) is 3.31. The van der Waals surface area contributed by atoms with Gasteiger partial charge in [-0.3, -0.25) is 4.79 Å². The van der Waals surface area contributed by atoms with Crippen molar-refractivity contribution in [2.24, 2.45) is 0 Å². The van der Waals surface area contributed by atoms with E-state index >= 15 is 0 Å². The van der Waals surface area contributed by atoms with Crippen molar-refractivity contribution in [3.8, 4) is 0 Å². The van der Waals surface area contributed by atoms with Gasteiger partial charge in [-0.2, -0.15) is 13.2 Å². The molecule has 0 saturated carbocycles. The molecule has 9 heteroatoms. The van der Waals surface area contributed by atoms with Crippen LogP contribution in [0.5, 0.6) is 0 Å². The van der Waals surface area contributed by atoms with E-state index in [9.17, 15) is 22.8 Å². The van der Waals surface area contributed by atoms with Crippen LogP contribution in [0.3, 0.4) is 0 Å². The molecule has 0 amide bonds. The SMILES string of the molecule is CCOC(=O)c1cc(C(=O)c2scnc2C(F)(F)F)c[nH]1. The summed E-state index contributed by atoms with van der Waals surface area (Å²) in [4.78, 5) is 28.7. The highest BCUT2D eigenvalue weighted by molar-refractivity contribution is 7.12. The molecular formula is C12H9F3N2O3S. The second kappa shape index (κ2) is 5.68. The summed E-state index contributed by atoms with van der Waals surface area (Å²) < 4.78 is 42.8. The van der Waals surface area contributed by atoms with Crippen molar-refractivity contribution in [3.63, 3.8) is 0 Å². The average Bonchev–Trinajstić information content (AvgIpc) is 3.07. The third-order valence-electron chi connectivity index (χ3n) is 2.48. The Morgan fingerprint density at radius 3 is 2.76 bits per heavy atom. The van der Waals surface area contributed by atoms with Gasteiger partial charge >= 0.3 is 12.1 Å². The lowest BCUT2D eigenvalue weighted by atomic mass is 10.1. The fourth-order valence-electron chi connectivity index (χ4n) is 1.59. The third kappa shape index (κ3) is 3.13. The van der Waals surface area contributed by atoms with Crippen molar-refractivity contribution < 1.29 is 27.5 Å². The van der Waals surface area contributed by atoms with Crippen molar-refractivity contribution >= 4 is 23.1 Å². The summed E-state index contributed by atoms with van der Waals surface area (Å²) in [5.74, 6) is -1.53. The van der Waals surface area contributed by atoms with E-state index in [1.54, 1.807) is 6.92 Å². The number of H-pyrrole nitrogens is 1. The number of carbonyl (C=O) groups is 2. The zero-order chi connectivity index (χ0) is 15.6. The maximum atomic E-state index is 12.7. The molecule has 0 bridgehead atoms. The number of hydrogen-bond acceptors (Lipinski definition) is 5. The van der Waals surface area contributed by atoms with Gasteiger partial charge in [0.05, 0.1) is 12.1 Å². The molecule has 0 aromatic carbocycles. The van der Waals surface area contributed by atoms with Gasteiger partial charge in [0.1, 0.15) is 10.6 Å². The molecule has 0 atom stereocenters. The Balaban J connectivity index is 2.30. The summed E-state index contributed by atoms with van der Waals surface area (Å²) in [6.07, 6.45) is -3.54. The number of halogens is 3. The molecule has 21 heavy (non-hydrogen) atoms. The van der Waals surface area contributed by atoms with Gasteiger partial charge in [-0.15, -0.1) is 11.3 Å². The highest BCUT2D eigenvalue weighted by Crippen LogP contribution is 2.33. The van der Waals surface area contributed by atoms with Gasteiger partial charge < -0.3 is 9.72 Å². The molecule has 0 aliphatic heterocycles. The number of esters is 1. The Morgan fingerprint density at radius 2 is 2.14 bits per heavy atom. The van der Waals surface area contributed by atoms with Crippen molar-refractivity contribution in [3.05, 3.63) is 39.6 Å². The molecule has 0 aliphatic carbocycles. The number of thiazole rings is 1. The van der Waals surface area contributed by atoms with Crippen molar-refractivity contribution in [1.29, 1.82) is 0 Å². The molecule has 0 radical (unpaired) electrons. The first-order chi connectivity index (χ1) is 9.84. The number of aromatic amines is 1. The number of aromatic nitrogens is 2. The van der Waals surface area contributed by atoms with Crippen LogP contribution in [0.2, 0.25) is 0 Å². The van der Waals surface area contributed by atoms with Crippen LogP contribution in [-0.4, -0.2) is 28.3 Å². The van der Waals surface area contributed by atoms with Gasteiger partial charge in [0.25, 0.3) is 0 Å². The summed E-state index contributed by atoms with van der Waals surface area (Å²) in [6.45, 7) is 1.76. The Kier molecular flexibility index (Phi) is 4.12. The minimum atomic E-state index is -4.70. The molecule has 1 N–H and O–H groups in total. The molecule has 112 valence electrons. The lowest BCUT2D eigenvalue weighted by Crippen LogP contribution is -2.12. The first-order valence-electron chi connectivity index (χ1n) is 5.75. The van der Waals surface area contributed by atoms with Crippen molar-refractivity contribution in [2.45, 2.75) is 13.1 Å². The van der Waals surface area contributed by atoms with E-state index in [0.717, 1.165) is 17.8 Å². The maximum absolute atomic E-state index is 12.7. The fraction of sp³-hybridized carbons (Fsp3) is 0.250. The van der Waals surface area contributed by atoms with E-state index in [1.807, 2.05) is 0 Å². The number of hydrogen-bond donors (Lipinski definition) is 1. The number of ether oxygens (including phenoxy) is 1. The van der Waals surface area contributed by atoms with E-state index in [2.05, 4.69) is 9.97 Å². The molecular weight excluding hydrogens is 309 g/mol. The highest BCUT2D eigenvalue weighted by atomic mass is 32.1. The Bertz CT molecular complexity index is 675.